The maximum atomic E-state index is 12.5. The number of carbonyl (C=O) groups excluding carboxylic acids is 3. The summed E-state index contributed by atoms with van der Waals surface area (Å²) in [6.45, 7) is 0. The molecule has 0 saturated heterocycles. The van der Waals surface area contributed by atoms with Crippen LogP contribution in [0.25, 0.3) is 0 Å². The number of nitro benzene ring substituents is 1. The normalized spacial score (nSPS) is 12.9. The van der Waals surface area contributed by atoms with Crippen molar-refractivity contribution in [1.29, 1.82) is 0 Å². The number of imide groups is 1. The van der Waals surface area contributed by atoms with Crippen molar-refractivity contribution < 1.29 is 29.2 Å². The molecule has 1 heterocycles. The average molecular weight is 342 g/mol. The minimum absolute atomic E-state index is 0.0225. The number of fused-ring (bicyclic) bond motifs is 1. The first-order valence-corrected chi connectivity index (χ1v) is 6.94. The number of nitrogens with zero attached hydrogens (tertiary/aromatic N) is 2. The van der Waals surface area contributed by atoms with Crippen LogP contribution in [-0.2, 0) is 4.74 Å². The molecule has 0 aromatic heterocycles. The lowest BCUT2D eigenvalue weighted by molar-refractivity contribution is -0.385. The van der Waals surface area contributed by atoms with E-state index in [9.17, 15) is 29.6 Å². The predicted molar refractivity (Wildman–Crippen MR) is 83.7 cm³/mol. The van der Waals surface area contributed by atoms with E-state index >= 15 is 0 Å². The number of nitro groups is 1. The molecule has 1 aliphatic heterocycles. The van der Waals surface area contributed by atoms with E-state index in [2.05, 4.69) is 4.74 Å². The van der Waals surface area contributed by atoms with Crippen LogP contribution in [0.4, 0.5) is 11.4 Å². The second kappa shape index (κ2) is 5.71. The molecule has 0 spiro atoms. The molecule has 2 aromatic carbocycles. The summed E-state index contributed by atoms with van der Waals surface area (Å²) in [5, 5.41) is 21.0. The molecule has 25 heavy (non-hydrogen) atoms. The van der Waals surface area contributed by atoms with Gasteiger partial charge in [-0.1, -0.05) is 6.07 Å². The molecular formula is C16H10N2O7. The minimum Gasteiger partial charge on any atom is -0.507 e. The van der Waals surface area contributed by atoms with E-state index in [0.29, 0.717) is 4.90 Å². The zero-order valence-corrected chi connectivity index (χ0v) is 12.8. The van der Waals surface area contributed by atoms with Gasteiger partial charge < -0.3 is 9.84 Å². The van der Waals surface area contributed by atoms with Crippen LogP contribution >= 0.6 is 0 Å². The predicted octanol–water partition coefficient (Wildman–Crippen LogP) is 1.89. The number of esters is 1. The van der Waals surface area contributed by atoms with E-state index in [4.69, 9.17) is 0 Å². The second-order valence-electron chi connectivity index (χ2n) is 5.10. The van der Waals surface area contributed by atoms with E-state index in [-0.39, 0.29) is 22.4 Å². The van der Waals surface area contributed by atoms with E-state index in [1.54, 1.807) is 0 Å². The Morgan fingerprint density at radius 2 is 1.92 bits per heavy atom. The number of rotatable bonds is 3. The average Bonchev–Trinajstić information content (AvgIpc) is 2.85. The Labute approximate surface area is 140 Å². The maximum absolute atomic E-state index is 12.5. The van der Waals surface area contributed by atoms with Gasteiger partial charge in [0.25, 0.3) is 17.5 Å². The Morgan fingerprint density at radius 1 is 1.20 bits per heavy atom. The number of phenols is 1. The summed E-state index contributed by atoms with van der Waals surface area (Å²) in [5.74, 6) is -2.91. The van der Waals surface area contributed by atoms with Gasteiger partial charge in [0.1, 0.15) is 16.9 Å². The monoisotopic (exact) mass is 342 g/mol. The number of hydrogen-bond acceptors (Lipinski definition) is 7. The molecule has 0 fully saturated rings. The highest BCUT2D eigenvalue weighted by Gasteiger charge is 2.42. The van der Waals surface area contributed by atoms with Crippen LogP contribution in [0.15, 0.2) is 36.4 Å². The van der Waals surface area contributed by atoms with Crippen molar-refractivity contribution in [3.63, 3.8) is 0 Å². The van der Waals surface area contributed by atoms with Gasteiger partial charge in [-0.25, -0.2) is 9.69 Å². The van der Waals surface area contributed by atoms with Crippen LogP contribution in [-0.4, -0.2) is 34.9 Å². The highest BCUT2D eigenvalue weighted by Crippen LogP contribution is 2.35. The molecule has 0 unspecified atom stereocenters. The van der Waals surface area contributed by atoms with Crippen LogP contribution in [0.3, 0.4) is 0 Å². The highest BCUT2D eigenvalue weighted by molar-refractivity contribution is 6.35. The number of amides is 2. The van der Waals surface area contributed by atoms with Gasteiger partial charge in [-0.05, 0) is 18.2 Å². The van der Waals surface area contributed by atoms with E-state index in [1.807, 2.05) is 0 Å². The molecule has 1 N–H and O–H groups in total. The lowest BCUT2D eigenvalue weighted by Crippen LogP contribution is -2.29. The molecule has 3 rings (SSSR count). The van der Waals surface area contributed by atoms with Gasteiger partial charge in [0.2, 0.25) is 0 Å². The summed E-state index contributed by atoms with van der Waals surface area (Å²) in [5.41, 5.74) is -1.06. The Kier molecular flexibility index (Phi) is 3.68. The van der Waals surface area contributed by atoms with Gasteiger partial charge in [0.15, 0.2) is 0 Å². The lowest BCUT2D eigenvalue weighted by Gasteiger charge is -2.14. The third-order valence-corrected chi connectivity index (χ3v) is 3.73. The number of aromatic hydroxyl groups is 1. The van der Waals surface area contributed by atoms with Crippen molar-refractivity contribution in [2.45, 2.75) is 0 Å². The fraction of sp³-hybridized carbons (Fsp3) is 0.0625. The van der Waals surface area contributed by atoms with Crippen molar-refractivity contribution in [3.8, 4) is 5.75 Å². The number of methoxy groups -OCH3 is 1. The summed E-state index contributed by atoms with van der Waals surface area (Å²) < 4.78 is 4.50. The summed E-state index contributed by atoms with van der Waals surface area (Å²) in [6, 6.07) is 7.24. The Morgan fingerprint density at radius 3 is 2.52 bits per heavy atom. The van der Waals surface area contributed by atoms with E-state index < -0.39 is 34.1 Å². The number of phenolic OH excluding ortho intramolecular Hbond substituents is 1. The number of benzene rings is 2. The molecule has 126 valence electrons. The number of ether oxygens (including phenoxy) is 1. The highest BCUT2D eigenvalue weighted by atomic mass is 16.6. The van der Waals surface area contributed by atoms with Crippen molar-refractivity contribution in [1.82, 2.24) is 0 Å². The molecule has 9 heteroatoms. The largest absolute Gasteiger partial charge is 0.507 e. The molecule has 9 nitrogen and oxygen atoms in total. The molecule has 0 bridgehead atoms. The third kappa shape index (κ3) is 2.38. The summed E-state index contributed by atoms with van der Waals surface area (Å²) in [6.07, 6.45) is 0. The number of carbonyl (C=O) groups is 3. The van der Waals surface area contributed by atoms with Gasteiger partial charge in [0.05, 0.1) is 23.3 Å². The van der Waals surface area contributed by atoms with Gasteiger partial charge in [0, 0.05) is 12.1 Å². The van der Waals surface area contributed by atoms with Crippen molar-refractivity contribution in [2.24, 2.45) is 0 Å². The van der Waals surface area contributed by atoms with E-state index in [0.717, 1.165) is 19.2 Å². The molecule has 0 saturated carbocycles. The zero-order valence-electron chi connectivity index (χ0n) is 12.8. The molecule has 0 radical (unpaired) electrons. The Hall–Kier alpha value is -3.75. The first kappa shape index (κ1) is 16.1. The zero-order chi connectivity index (χ0) is 18.3. The van der Waals surface area contributed by atoms with Gasteiger partial charge in [-0.3, -0.25) is 19.7 Å². The molecular weight excluding hydrogens is 332 g/mol. The Balaban J connectivity index is 2.09. The SMILES string of the molecule is COC(=O)c1ccc(N2C(=O)c3cccc([N+](=O)[O-])c3C2=O)cc1O. The first-order valence-electron chi connectivity index (χ1n) is 6.94. The quantitative estimate of drug-likeness (QED) is 0.390. The van der Waals surface area contributed by atoms with Crippen LogP contribution in [0.2, 0.25) is 0 Å². The number of hydrogen-bond donors (Lipinski definition) is 1. The molecule has 2 amide bonds. The van der Waals surface area contributed by atoms with Crippen LogP contribution < -0.4 is 4.90 Å². The standard InChI is InChI=1S/C16H10N2O7/c1-25-16(22)9-6-5-8(7-12(9)19)17-14(20)10-3-2-4-11(18(23)24)13(10)15(17)21/h2-7,19H,1H3. The third-order valence-electron chi connectivity index (χ3n) is 3.73. The van der Waals surface area contributed by atoms with E-state index in [1.165, 1.54) is 24.3 Å². The summed E-state index contributed by atoms with van der Waals surface area (Å²) in [4.78, 5) is 47.6. The summed E-state index contributed by atoms with van der Waals surface area (Å²) >= 11 is 0. The van der Waals surface area contributed by atoms with Crippen LogP contribution in [0.5, 0.6) is 5.75 Å². The topological polar surface area (TPSA) is 127 Å². The Bertz CT molecular complexity index is 951. The van der Waals surface area contributed by atoms with Crippen LogP contribution in [0, 0.1) is 10.1 Å². The summed E-state index contributed by atoms with van der Waals surface area (Å²) in [7, 11) is 1.14. The first-order chi connectivity index (χ1) is 11.9. The molecule has 0 atom stereocenters. The second-order valence-corrected chi connectivity index (χ2v) is 5.10. The van der Waals surface area contributed by atoms with Gasteiger partial charge >= 0.3 is 5.97 Å². The van der Waals surface area contributed by atoms with Crippen LogP contribution in [0.1, 0.15) is 31.1 Å². The number of anilines is 1. The van der Waals surface area contributed by atoms with Crippen molar-refractivity contribution in [3.05, 3.63) is 63.2 Å². The lowest BCUT2D eigenvalue weighted by atomic mass is 10.1. The van der Waals surface area contributed by atoms with Gasteiger partial charge in [-0.15, -0.1) is 0 Å². The fourth-order valence-corrected chi connectivity index (χ4v) is 2.60. The fourth-order valence-electron chi connectivity index (χ4n) is 2.60. The van der Waals surface area contributed by atoms with Gasteiger partial charge in [-0.2, -0.15) is 0 Å². The smallest absolute Gasteiger partial charge is 0.341 e. The molecule has 0 aliphatic carbocycles. The maximum Gasteiger partial charge on any atom is 0.341 e. The minimum atomic E-state index is -0.877. The van der Waals surface area contributed by atoms with Crippen molar-refractivity contribution in [2.75, 3.05) is 12.0 Å². The molecule has 2 aromatic rings. The van der Waals surface area contributed by atoms with Crippen molar-refractivity contribution >= 4 is 29.2 Å². The molecule has 1 aliphatic rings.